The van der Waals surface area contributed by atoms with Crippen molar-refractivity contribution in [3.05, 3.63) is 24.3 Å². The highest BCUT2D eigenvalue weighted by Gasteiger charge is 2.31. The van der Waals surface area contributed by atoms with Gasteiger partial charge in [0, 0.05) is 19.0 Å². The van der Waals surface area contributed by atoms with E-state index in [-0.39, 0.29) is 16.1 Å². The van der Waals surface area contributed by atoms with Crippen molar-refractivity contribution in [1.82, 2.24) is 4.31 Å². The first-order valence-electron chi connectivity index (χ1n) is 6.28. The van der Waals surface area contributed by atoms with Crippen LogP contribution in [-0.4, -0.2) is 38.2 Å². The van der Waals surface area contributed by atoms with Gasteiger partial charge in [0.05, 0.1) is 12.0 Å². The number of carbonyl (C=O) groups excluding carboxylic acids is 1. The van der Waals surface area contributed by atoms with E-state index in [4.69, 9.17) is 16.3 Å². The Kier molecular flexibility index (Phi) is 4.67. The van der Waals surface area contributed by atoms with Gasteiger partial charge in [-0.05, 0) is 48.7 Å². The molecule has 0 aromatic heterocycles. The van der Waals surface area contributed by atoms with Crippen LogP contribution in [-0.2, 0) is 14.8 Å². The van der Waals surface area contributed by atoms with Crippen molar-refractivity contribution in [3.63, 3.8) is 0 Å². The molecule has 0 saturated carbocycles. The van der Waals surface area contributed by atoms with E-state index in [0.717, 1.165) is 0 Å². The highest BCUT2D eigenvalue weighted by Crippen LogP contribution is 2.26. The Labute approximate surface area is 123 Å². The fraction of sp³-hybridized carbons (Fsp3) is 0.462. The number of benzene rings is 1. The van der Waals surface area contributed by atoms with Gasteiger partial charge >= 0.3 is 0 Å². The van der Waals surface area contributed by atoms with Gasteiger partial charge in [0.1, 0.15) is 5.75 Å². The molecule has 0 N–H and O–H groups in total. The van der Waals surface area contributed by atoms with E-state index in [0.29, 0.717) is 31.7 Å². The van der Waals surface area contributed by atoms with Crippen LogP contribution in [0, 0.1) is 5.92 Å². The fourth-order valence-corrected chi connectivity index (χ4v) is 3.91. The molecule has 7 heteroatoms. The van der Waals surface area contributed by atoms with Crippen LogP contribution in [0.3, 0.4) is 0 Å². The zero-order chi connectivity index (χ0) is 14.8. The van der Waals surface area contributed by atoms with Gasteiger partial charge in [0.2, 0.25) is 15.3 Å². The number of rotatable bonds is 4. The lowest BCUT2D eigenvalue weighted by molar-refractivity contribution is -0.116. The normalized spacial score (nSPS) is 17.9. The van der Waals surface area contributed by atoms with Crippen molar-refractivity contribution >= 4 is 26.9 Å². The largest absolute Gasteiger partial charge is 0.497 e. The molecule has 0 spiro atoms. The summed E-state index contributed by atoms with van der Waals surface area (Å²) in [5.74, 6) is 0.370. The zero-order valence-corrected chi connectivity index (χ0v) is 12.7. The maximum atomic E-state index is 12.4. The molecule has 0 aliphatic carbocycles. The van der Waals surface area contributed by atoms with Crippen LogP contribution in [0.4, 0.5) is 0 Å². The zero-order valence-electron chi connectivity index (χ0n) is 11.1. The highest BCUT2D eigenvalue weighted by molar-refractivity contribution is 7.89. The summed E-state index contributed by atoms with van der Waals surface area (Å²) in [5.41, 5.74) is 0. The smallest absolute Gasteiger partial charge is 0.243 e. The monoisotopic (exact) mass is 317 g/mol. The van der Waals surface area contributed by atoms with Crippen molar-refractivity contribution in [2.24, 2.45) is 5.92 Å². The van der Waals surface area contributed by atoms with Crippen LogP contribution in [0.1, 0.15) is 12.8 Å². The van der Waals surface area contributed by atoms with Gasteiger partial charge in [-0.2, -0.15) is 4.31 Å². The quantitative estimate of drug-likeness (QED) is 0.795. The van der Waals surface area contributed by atoms with Crippen LogP contribution in [0.5, 0.6) is 5.75 Å². The molecule has 0 radical (unpaired) electrons. The molecule has 1 saturated heterocycles. The van der Waals surface area contributed by atoms with Crippen molar-refractivity contribution < 1.29 is 17.9 Å². The first-order chi connectivity index (χ1) is 9.45. The second-order valence-electron chi connectivity index (χ2n) is 4.66. The summed E-state index contributed by atoms with van der Waals surface area (Å²) < 4.78 is 31.3. The molecule has 0 amide bonds. The first kappa shape index (κ1) is 15.3. The summed E-state index contributed by atoms with van der Waals surface area (Å²) >= 11 is 5.45. The minimum atomic E-state index is -3.51. The number of ether oxygens (including phenoxy) is 1. The number of piperidine rings is 1. The maximum absolute atomic E-state index is 12.4. The average molecular weight is 318 g/mol. The predicted octanol–water partition coefficient (Wildman–Crippen LogP) is 1.86. The fourth-order valence-electron chi connectivity index (χ4n) is 2.22. The van der Waals surface area contributed by atoms with Crippen molar-refractivity contribution in [3.8, 4) is 5.75 Å². The Morgan fingerprint density at radius 1 is 1.25 bits per heavy atom. The molecule has 110 valence electrons. The van der Waals surface area contributed by atoms with Gasteiger partial charge in [-0.15, -0.1) is 0 Å². The molecule has 0 unspecified atom stereocenters. The highest BCUT2D eigenvalue weighted by atomic mass is 35.5. The summed E-state index contributed by atoms with van der Waals surface area (Å²) in [4.78, 5) is 11.3. The second kappa shape index (κ2) is 6.11. The van der Waals surface area contributed by atoms with Gasteiger partial charge in [-0.1, -0.05) is 0 Å². The molecule has 1 aromatic carbocycles. The number of hydrogen-bond donors (Lipinski definition) is 0. The molecule has 1 aromatic rings. The van der Waals surface area contributed by atoms with E-state index in [9.17, 15) is 13.2 Å². The van der Waals surface area contributed by atoms with Crippen LogP contribution < -0.4 is 4.74 Å². The van der Waals surface area contributed by atoms with E-state index in [1.165, 1.54) is 23.5 Å². The van der Waals surface area contributed by atoms with E-state index in [2.05, 4.69) is 0 Å². The Bertz CT molecular complexity index is 577. The standard InChI is InChI=1S/C13H16ClNO4S/c1-19-11-2-4-12(5-3-11)20(17,18)15-8-6-10(7-9-15)13(14)16/h2-5,10H,6-9H2,1H3. The Morgan fingerprint density at radius 3 is 2.25 bits per heavy atom. The summed E-state index contributed by atoms with van der Waals surface area (Å²) in [6.07, 6.45) is 0.940. The van der Waals surface area contributed by atoms with Crippen LogP contribution in [0.2, 0.25) is 0 Å². The second-order valence-corrected chi connectivity index (χ2v) is 6.97. The third-order valence-corrected chi connectivity index (χ3v) is 5.69. The third kappa shape index (κ3) is 3.13. The Hall–Kier alpha value is -1.11. The molecule has 1 aliphatic heterocycles. The molecule has 1 heterocycles. The average Bonchev–Trinajstić information content (AvgIpc) is 2.47. The summed E-state index contributed by atoms with van der Waals surface area (Å²) in [7, 11) is -1.99. The molecule has 1 aliphatic rings. The minimum Gasteiger partial charge on any atom is -0.497 e. The Balaban J connectivity index is 2.13. The van der Waals surface area contributed by atoms with Gasteiger partial charge in [-0.25, -0.2) is 8.42 Å². The Morgan fingerprint density at radius 2 is 1.80 bits per heavy atom. The van der Waals surface area contributed by atoms with Gasteiger partial charge in [-0.3, -0.25) is 4.79 Å². The molecular weight excluding hydrogens is 302 g/mol. The number of carbonyl (C=O) groups is 1. The van der Waals surface area contributed by atoms with E-state index in [1.807, 2.05) is 0 Å². The predicted molar refractivity (Wildman–Crippen MR) is 75.3 cm³/mol. The molecular formula is C13H16ClNO4S. The van der Waals surface area contributed by atoms with E-state index < -0.39 is 10.0 Å². The lowest BCUT2D eigenvalue weighted by Crippen LogP contribution is -2.39. The lowest BCUT2D eigenvalue weighted by atomic mass is 10.00. The molecule has 0 atom stereocenters. The van der Waals surface area contributed by atoms with Gasteiger partial charge in [0.25, 0.3) is 0 Å². The van der Waals surface area contributed by atoms with Crippen LogP contribution in [0.15, 0.2) is 29.2 Å². The van der Waals surface area contributed by atoms with Crippen molar-refractivity contribution in [2.45, 2.75) is 17.7 Å². The molecule has 1 fully saturated rings. The third-order valence-electron chi connectivity index (χ3n) is 3.47. The topological polar surface area (TPSA) is 63.7 Å². The van der Waals surface area contributed by atoms with Crippen molar-refractivity contribution in [2.75, 3.05) is 20.2 Å². The van der Waals surface area contributed by atoms with Crippen LogP contribution >= 0.6 is 11.6 Å². The molecule has 20 heavy (non-hydrogen) atoms. The van der Waals surface area contributed by atoms with Crippen LogP contribution in [0.25, 0.3) is 0 Å². The summed E-state index contributed by atoms with van der Waals surface area (Å²) in [5, 5.41) is -0.383. The summed E-state index contributed by atoms with van der Waals surface area (Å²) in [6, 6.07) is 6.27. The van der Waals surface area contributed by atoms with Gasteiger partial charge < -0.3 is 4.74 Å². The number of methoxy groups -OCH3 is 1. The molecule has 2 rings (SSSR count). The van der Waals surface area contributed by atoms with Crippen molar-refractivity contribution in [1.29, 1.82) is 0 Å². The molecule has 0 bridgehead atoms. The lowest BCUT2D eigenvalue weighted by Gasteiger charge is -2.29. The number of sulfonamides is 1. The molecule has 5 nitrogen and oxygen atoms in total. The van der Waals surface area contributed by atoms with E-state index >= 15 is 0 Å². The SMILES string of the molecule is COc1ccc(S(=O)(=O)N2CCC(C(=O)Cl)CC2)cc1. The van der Waals surface area contributed by atoms with Gasteiger partial charge in [0.15, 0.2) is 0 Å². The number of hydrogen-bond acceptors (Lipinski definition) is 4. The minimum absolute atomic E-state index is 0.231. The first-order valence-corrected chi connectivity index (χ1v) is 8.10. The number of nitrogens with zero attached hydrogens (tertiary/aromatic N) is 1. The summed E-state index contributed by atoms with van der Waals surface area (Å²) in [6.45, 7) is 0.634. The maximum Gasteiger partial charge on any atom is 0.243 e. The number of halogens is 1. The van der Waals surface area contributed by atoms with E-state index in [1.54, 1.807) is 12.1 Å².